The first kappa shape index (κ1) is 26.4. The number of anilines is 1. The number of benzene rings is 2. The molecule has 2 aromatic heterocycles. The number of nitrogens with one attached hydrogen (secondary N) is 1. The van der Waals surface area contributed by atoms with E-state index in [2.05, 4.69) is 20.7 Å². The van der Waals surface area contributed by atoms with E-state index in [1.165, 1.54) is 21.8 Å². The Bertz CT molecular complexity index is 1540. The van der Waals surface area contributed by atoms with Gasteiger partial charge >= 0.3 is 0 Å². The molecule has 0 bridgehead atoms. The number of carbonyl (C=O) groups excluding carboxylic acids is 2. The first-order valence-corrected chi connectivity index (χ1v) is 13.6. The number of phenols is 1. The molecule has 2 aliphatic rings. The number of tetrazole rings is 1. The third-order valence-corrected chi connectivity index (χ3v) is 7.18. The summed E-state index contributed by atoms with van der Waals surface area (Å²) >= 11 is 0. The smallest absolute Gasteiger partial charge is 0.251 e. The van der Waals surface area contributed by atoms with Gasteiger partial charge in [-0.3, -0.25) is 14.5 Å². The van der Waals surface area contributed by atoms with E-state index < -0.39 is 11.9 Å². The van der Waals surface area contributed by atoms with Gasteiger partial charge in [0.05, 0.1) is 0 Å². The van der Waals surface area contributed by atoms with Gasteiger partial charge in [-0.25, -0.2) is 0 Å². The third-order valence-electron chi connectivity index (χ3n) is 7.18. The highest BCUT2D eigenvalue weighted by Gasteiger charge is 2.35. The van der Waals surface area contributed by atoms with E-state index in [0.717, 1.165) is 25.7 Å². The fourth-order valence-electron chi connectivity index (χ4n) is 5.20. The number of aryl methyl sites for hydroxylation is 1. The van der Waals surface area contributed by atoms with Crippen molar-refractivity contribution in [2.45, 2.75) is 51.2 Å². The second-order valence-corrected chi connectivity index (χ2v) is 10.1. The standard InChI is InChI=1S/C29H30N6O6/c1-18-6-12-24(41-18)28-31-33-34(32-28)17-26(37)35(21-9-13-23-25(16-21)40-15-14-39-23)27(19-7-10-22(36)11-8-19)29(38)30-20-4-2-3-5-20/h6-13,16,20,27,36H,2-5,14-15,17H2,1H3,(H,30,38)/t27-/m0/s1. The summed E-state index contributed by atoms with van der Waals surface area (Å²) < 4.78 is 17.1. The quantitative estimate of drug-likeness (QED) is 0.332. The maximum absolute atomic E-state index is 14.1. The van der Waals surface area contributed by atoms with Gasteiger partial charge in [-0.15, -0.1) is 10.2 Å². The molecule has 0 saturated heterocycles. The minimum Gasteiger partial charge on any atom is -0.508 e. The molecule has 2 aromatic carbocycles. The molecule has 0 radical (unpaired) electrons. The summed E-state index contributed by atoms with van der Waals surface area (Å²) in [7, 11) is 0. The minimum absolute atomic E-state index is 0.0237. The van der Waals surface area contributed by atoms with Crippen LogP contribution < -0.4 is 19.7 Å². The van der Waals surface area contributed by atoms with Crippen LogP contribution in [0.15, 0.2) is 59.0 Å². The van der Waals surface area contributed by atoms with Crippen LogP contribution in [0.25, 0.3) is 11.6 Å². The maximum atomic E-state index is 14.1. The van der Waals surface area contributed by atoms with Crippen LogP contribution in [-0.2, 0) is 16.1 Å². The largest absolute Gasteiger partial charge is 0.508 e. The van der Waals surface area contributed by atoms with E-state index in [1.54, 1.807) is 42.5 Å². The zero-order chi connectivity index (χ0) is 28.3. The van der Waals surface area contributed by atoms with Crippen LogP contribution in [0, 0.1) is 6.92 Å². The highest BCUT2D eigenvalue weighted by atomic mass is 16.6. The van der Waals surface area contributed by atoms with E-state index in [9.17, 15) is 14.7 Å². The molecule has 0 unspecified atom stereocenters. The van der Waals surface area contributed by atoms with Crippen molar-refractivity contribution in [3.05, 3.63) is 65.9 Å². The van der Waals surface area contributed by atoms with Crippen molar-refractivity contribution in [3.8, 4) is 28.8 Å². The molecule has 41 heavy (non-hydrogen) atoms. The Labute approximate surface area is 235 Å². The molecule has 12 nitrogen and oxygen atoms in total. The molecule has 1 saturated carbocycles. The van der Waals surface area contributed by atoms with Crippen LogP contribution in [0.2, 0.25) is 0 Å². The predicted octanol–water partition coefficient (Wildman–Crippen LogP) is 3.55. The second kappa shape index (κ2) is 11.3. The number of aromatic nitrogens is 4. The Balaban J connectivity index is 1.38. The second-order valence-electron chi connectivity index (χ2n) is 10.1. The Morgan fingerprint density at radius 3 is 2.54 bits per heavy atom. The Morgan fingerprint density at radius 1 is 1.05 bits per heavy atom. The van der Waals surface area contributed by atoms with E-state index in [4.69, 9.17) is 13.9 Å². The zero-order valence-electron chi connectivity index (χ0n) is 22.5. The Kier molecular flexibility index (Phi) is 7.28. The van der Waals surface area contributed by atoms with E-state index in [-0.39, 0.29) is 30.1 Å². The number of furan rings is 1. The highest BCUT2D eigenvalue weighted by Crippen LogP contribution is 2.37. The number of rotatable bonds is 8. The zero-order valence-corrected chi connectivity index (χ0v) is 22.5. The van der Waals surface area contributed by atoms with Crippen LogP contribution in [0.1, 0.15) is 43.0 Å². The summed E-state index contributed by atoms with van der Waals surface area (Å²) in [5.41, 5.74) is 0.959. The Hall–Kier alpha value is -4.87. The number of aromatic hydroxyl groups is 1. The lowest BCUT2D eigenvalue weighted by Gasteiger charge is -2.33. The highest BCUT2D eigenvalue weighted by molar-refractivity contribution is 6.01. The van der Waals surface area contributed by atoms with Gasteiger partial charge < -0.3 is 24.3 Å². The van der Waals surface area contributed by atoms with Crippen molar-refractivity contribution in [1.82, 2.24) is 25.5 Å². The summed E-state index contributed by atoms with van der Waals surface area (Å²) in [6, 6.07) is 13.9. The molecule has 4 aromatic rings. The molecular formula is C29H30N6O6. The SMILES string of the molecule is Cc1ccc(-c2nnn(CC(=O)N(c3ccc4c(c3)OCCO4)[C@H](C(=O)NC3CCCC3)c3ccc(O)cc3)n2)o1. The van der Waals surface area contributed by atoms with Crippen LogP contribution in [-0.4, -0.2) is 56.4 Å². The number of nitrogens with zero attached hydrogens (tertiary/aromatic N) is 5. The topological polar surface area (TPSA) is 145 Å². The molecular weight excluding hydrogens is 528 g/mol. The Morgan fingerprint density at radius 2 is 1.80 bits per heavy atom. The first-order chi connectivity index (χ1) is 19.9. The molecule has 3 heterocycles. The lowest BCUT2D eigenvalue weighted by atomic mass is 10.0. The van der Waals surface area contributed by atoms with Gasteiger partial charge in [-0.05, 0) is 66.9 Å². The number of ether oxygens (including phenoxy) is 2. The van der Waals surface area contributed by atoms with E-state index in [0.29, 0.717) is 47.5 Å². The molecule has 1 fully saturated rings. The minimum atomic E-state index is -1.05. The lowest BCUT2D eigenvalue weighted by Crippen LogP contribution is -2.47. The van der Waals surface area contributed by atoms with Crippen molar-refractivity contribution >= 4 is 17.5 Å². The summed E-state index contributed by atoms with van der Waals surface area (Å²) in [6.07, 6.45) is 3.83. The fraction of sp³-hybridized carbons (Fsp3) is 0.345. The summed E-state index contributed by atoms with van der Waals surface area (Å²) in [5, 5.41) is 25.5. The van der Waals surface area contributed by atoms with Crippen LogP contribution in [0.5, 0.6) is 17.2 Å². The van der Waals surface area contributed by atoms with Crippen molar-refractivity contribution in [1.29, 1.82) is 0 Å². The number of carbonyl (C=O) groups is 2. The van der Waals surface area contributed by atoms with Gasteiger partial charge in [0.2, 0.25) is 11.7 Å². The number of phenolic OH excluding ortho intramolecular Hbond substituents is 1. The monoisotopic (exact) mass is 558 g/mol. The maximum Gasteiger partial charge on any atom is 0.251 e. The normalized spacial score (nSPS) is 15.4. The molecule has 0 spiro atoms. The molecule has 1 aliphatic carbocycles. The third kappa shape index (κ3) is 5.72. The number of fused-ring (bicyclic) bond motifs is 1. The van der Waals surface area contributed by atoms with Crippen LogP contribution in [0.4, 0.5) is 5.69 Å². The number of hydrogen-bond donors (Lipinski definition) is 2. The summed E-state index contributed by atoms with van der Waals surface area (Å²) in [4.78, 5) is 30.7. The molecule has 1 aliphatic heterocycles. The molecule has 6 rings (SSSR count). The number of hydrogen-bond acceptors (Lipinski definition) is 9. The van der Waals surface area contributed by atoms with Gasteiger partial charge in [0.15, 0.2) is 17.3 Å². The van der Waals surface area contributed by atoms with Gasteiger partial charge in [0.25, 0.3) is 5.91 Å². The van der Waals surface area contributed by atoms with Crippen molar-refractivity contribution in [2.75, 3.05) is 18.1 Å². The summed E-state index contributed by atoms with van der Waals surface area (Å²) in [6.45, 7) is 2.30. The molecule has 2 N–H and O–H groups in total. The molecule has 1 atom stereocenters. The summed E-state index contributed by atoms with van der Waals surface area (Å²) in [5.74, 6) is 1.66. The average molecular weight is 559 g/mol. The average Bonchev–Trinajstić information content (AvgIpc) is 3.75. The van der Waals surface area contributed by atoms with Gasteiger partial charge in [0, 0.05) is 17.8 Å². The van der Waals surface area contributed by atoms with Gasteiger partial charge in [0.1, 0.15) is 37.3 Å². The molecule has 2 amide bonds. The fourth-order valence-corrected chi connectivity index (χ4v) is 5.20. The van der Waals surface area contributed by atoms with Crippen molar-refractivity contribution in [2.24, 2.45) is 0 Å². The van der Waals surface area contributed by atoms with Crippen molar-refractivity contribution < 1.29 is 28.6 Å². The molecule has 12 heteroatoms. The first-order valence-electron chi connectivity index (χ1n) is 13.6. The predicted molar refractivity (Wildman–Crippen MR) is 146 cm³/mol. The van der Waals surface area contributed by atoms with Gasteiger partial charge in [-0.1, -0.05) is 25.0 Å². The number of amides is 2. The lowest BCUT2D eigenvalue weighted by molar-refractivity contribution is -0.127. The van der Waals surface area contributed by atoms with Crippen molar-refractivity contribution in [3.63, 3.8) is 0 Å². The van der Waals surface area contributed by atoms with Gasteiger partial charge in [-0.2, -0.15) is 4.80 Å². The molecule has 212 valence electrons. The van der Waals surface area contributed by atoms with E-state index >= 15 is 0 Å². The van der Waals surface area contributed by atoms with Crippen LogP contribution >= 0.6 is 0 Å². The van der Waals surface area contributed by atoms with E-state index in [1.807, 2.05) is 6.92 Å². The van der Waals surface area contributed by atoms with Crippen LogP contribution in [0.3, 0.4) is 0 Å².